The van der Waals surface area contributed by atoms with Gasteiger partial charge in [0.2, 0.25) is 0 Å². The lowest BCUT2D eigenvalue weighted by Gasteiger charge is -2.24. The molecule has 3 aromatic rings. The minimum Gasteiger partial charge on any atom is -0.395 e. The standard InChI is InChI=1S/C24H28N4O2/c1-17-13-25-22-11-5-4-10-21(22)23(17)27-24(30)26-14-18-7-2-3-8-19(18)15-28-12-6-9-20(28)16-29/h2-5,7-8,10-11,13,20,29H,6,9,12,14-16H2,1H3,(H2,25,26,27,30). The highest BCUT2D eigenvalue weighted by Crippen LogP contribution is 2.25. The van der Waals surface area contributed by atoms with Crippen molar-refractivity contribution in [3.8, 4) is 0 Å². The molecule has 1 aliphatic rings. The highest BCUT2D eigenvalue weighted by Gasteiger charge is 2.24. The van der Waals surface area contributed by atoms with Crippen LogP contribution in [0.5, 0.6) is 0 Å². The molecule has 2 amide bonds. The van der Waals surface area contributed by atoms with E-state index in [1.807, 2.05) is 49.4 Å². The predicted molar refractivity (Wildman–Crippen MR) is 119 cm³/mol. The molecule has 6 heteroatoms. The quantitative estimate of drug-likeness (QED) is 0.584. The van der Waals surface area contributed by atoms with Crippen LogP contribution in [-0.2, 0) is 13.1 Å². The molecule has 0 spiro atoms. The number of fused-ring (bicyclic) bond motifs is 1. The van der Waals surface area contributed by atoms with Gasteiger partial charge in [-0.05, 0) is 49.1 Å². The van der Waals surface area contributed by atoms with Crippen molar-refractivity contribution < 1.29 is 9.90 Å². The van der Waals surface area contributed by atoms with E-state index < -0.39 is 0 Å². The van der Waals surface area contributed by atoms with Crippen LogP contribution < -0.4 is 10.6 Å². The third-order valence-electron chi connectivity index (χ3n) is 5.84. The number of aromatic nitrogens is 1. The molecule has 1 aliphatic heterocycles. The Morgan fingerprint density at radius 3 is 2.77 bits per heavy atom. The number of nitrogens with zero attached hydrogens (tertiary/aromatic N) is 2. The first-order valence-electron chi connectivity index (χ1n) is 10.5. The highest BCUT2D eigenvalue weighted by molar-refractivity contribution is 6.01. The Labute approximate surface area is 176 Å². The number of carbonyl (C=O) groups excluding carboxylic acids is 1. The van der Waals surface area contributed by atoms with Crippen LogP contribution >= 0.6 is 0 Å². The molecule has 30 heavy (non-hydrogen) atoms. The zero-order chi connectivity index (χ0) is 20.9. The minimum atomic E-state index is -0.237. The number of para-hydroxylation sites is 1. The summed E-state index contributed by atoms with van der Waals surface area (Å²) in [5.74, 6) is 0. The number of aliphatic hydroxyl groups is 1. The Kier molecular flexibility index (Phi) is 6.26. The monoisotopic (exact) mass is 404 g/mol. The molecular formula is C24H28N4O2. The summed E-state index contributed by atoms with van der Waals surface area (Å²) in [6, 6.07) is 15.9. The number of anilines is 1. The molecular weight excluding hydrogens is 376 g/mol. The van der Waals surface area contributed by atoms with Crippen molar-refractivity contribution in [2.75, 3.05) is 18.5 Å². The molecule has 4 rings (SSSR count). The van der Waals surface area contributed by atoms with Gasteiger partial charge in [-0.1, -0.05) is 42.5 Å². The lowest BCUT2D eigenvalue weighted by Crippen LogP contribution is -2.33. The molecule has 0 saturated carbocycles. The van der Waals surface area contributed by atoms with Crippen LogP contribution in [-0.4, -0.2) is 40.2 Å². The molecule has 2 aromatic carbocycles. The third-order valence-corrected chi connectivity index (χ3v) is 5.84. The van der Waals surface area contributed by atoms with Crippen molar-refractivity contribution in [1.82, 2.24) is 15.2 Å². The van der Waals surface area contributed by atoms with Gasteiger partial charge in [0.15, 0.2) is 0 Å². The number of urea groups is 1. The number of benzene rings is 2. The summed E-state index contributed by atoms with van der Waals surface area (Å²) in [6.45, 7) is 4.38. The van der Waals surface area contributed by atoms with Crippen LogP contribution in [0.4, 0.5) is 10.5 Å². The molecule has 1 unspecified atom stereocenters. The van der Waals surface area contributed by atoms with Crippen molar-refractivity contribution in [2.45, 2.75) is 38.9 Å². The van der Waals surface area contributed by atoms with Gasteiger partial charge in [-0.25, -0.2) is 4.79 Å². The second kappa shape index (κ2) is 9.24. The third kappa shape index (κ3) is 4.45. The van der Waals surface area contributed by atoms with Crippen molar-refractivity contribution in [1.29, 1.82) is 0 Å². The van der Waals surface area contributed by atoms with Crippen molar-refractivity contribution in [2.24, 2.45) is 0 Å². The second-order valence-electron chi connectivity index (χ2n) is 7.86. The number of hydrogen-bond acceptors (Lipinski definition) is 4. The van der Waals surface area contributed by atoms with Gasteiger partial charge < -0.3 is 15.7 Å². The van der Waals surface area contributed by atoms with Gasteiger partial charge in [-0.15, -0.1) is 0 Å². The van der Waals surface area contributed by atoms with Gasteiger partial charge in [0.05, 0.1) is 17.8 Å². The van der Waals surface area contributed by atoms with E-state index in [-0.39, 0.29) is 18.7 Å². The SMILES string of the molecule is Cc1cnc2ccccc2c1NC(=O)NCc1ccccc1CN1CCCC1CO. The summed E-state index contributed by atoms with van der Waals surface area (Å²) < 4.78 is 0. The molecule has 156 valence electrons. The molecule has 0 bridgehead atoms. The van der Waals surface area contributed by atoms with E-state index in [9.17, 15) is 9.90 Å². The zero-order valence-electron chi connectivity index (χ0n) is 17.3. The molecule has 0 aliphatic carbocycles. The average Bonchev–Trinajstić information content (AvgIpc) is 3.22. The lowest BCUT2D eigenvalue weighted by atomic mass is 10.1. The summed E-state index contributed by atoms with van der Waals surface area (Å²) in [4.78, 5) is 19.4. The molecule has 1 saturated heterocycles. The number of aryl methyl sites for hydroxylation is 1. The Balaban J connectivity index is 1.43. The molecule has 1 aromatic heterocycles. The average molecular weight is 405 g/mol. The van der Waals surface area contributed by atoms with Crippen molar-refractivity contribution in [3.05, 3.63) is 71.4 Å². The van der Waals surface area contributed by atoms with Crippen LogP contribution in [0.15, 0.2) is 54.7 Å². The minimum absolute atomic E-state index is 0.196. The number of aliphatic hydroxyl groups excluding tert-OH is 1. The van der Waals surface area contributed by atoms with Gasteiger partial charge in [0, 0.05) is 30.7 Å². The van der Waals surface area contributed by atoms with E-state index in [1.54, 1.807) is 6.20 Å². The zero-order valence-corrected chi connectivity index (χ0v) is 17.3. The Morgan fingerprint density at radius 2 is 1.93 bits per heavy atom. The fourth-order valence-electron chi connectivity index (χ4n) is 4.15. The first-order chi connectivity index (χ1) is 14.7. The summed E-state index contributed by atoms with van der Waals surface area (Å²) in [6.07, 6.45) is 3.94. The van der Waals surface area contributed by atoms with Gasteiger partial charge >= 0.3 is 6.03 Å². The van der Waals surface area contributed by atoms with Crippen LogP contribution in [0.2, 0.25) is 0 Å². The fraction of sp³-hybridized carbons (Fsp3) is 0.333. The van der Waals surface area contributed by atoms with E-state index in [0.717, 1.165) is 53.6 Å². The number of hydrogen-bond donors (Lipinski definition) is 3. The Bertz CT molecular complexity index is 1040. The number of rotatable bonds is 6. The Morgan fingerprint density at radius 1 is 1.17 bits per heavy atom. The molecule has 6 nitrogen and oxygen atoms in total. The molecule has 1 fully saturated rings. The first kappa shape index (κ1) is 20.3. The smallest absolute Gasteiger partial charge is 0.319 e. The second-order valence-corrected chi connectivity index (χ2v) is 7.86. The number of nitrogens with one attached hydrogen (secondary N) is 2. The van der Waals surface area contributed by atoms with E-state index in [2.05, 4.69) is 26.6 Å². The lowest BCUT2D eigenvalue weighted by molar-refractivity contribution is 0.153. The van der Waals surface area contributed by atoms with Crippen molar-refractivity contribution in [3.63, 3.8) is 0 Å². The largest absolute Gasteiger partial charge is 0.395 e. The summed E-state index contributed by atoms with van der Waals surface area (Å²) in [5.41, 5.74) is 4.84. The van der Waals surface area contributed by atoms with E-state index in [1.165, 1.54) is 5.56 Å². The summed E-state index contributed by atoms with van der Waals surface area (Å²) >= 11 is 0. The summed E-state index contributed by atoms with van der Waals surface area (Å²) in [5, 5.41) is 16.5. The van der Waals surface area contributed by atoms with Gasteiger partial charge in [0.1, 0.15) is 0 Å². The van der Waals surface area contributed by atoms with Gasteiger partial charge in [0.25, 0.3) is 0 Å². The van der Waals surface area contributed by atoms with E-state index in [4.69, 9.17) is 0 Å². The topological polar surface area (TPSA) is 77.5 Å². The van der Waals surface area contributed by atoms with Crippen LogP contribution in [0, 0.1) is 6.92 Å². The first-order valence-corrected chi connectivity index (χ1v) is 10.5. The van der Waals surface area contributed by atoms with E-state index in [0.29, 0.717) is 6.54 Å². The molecule has 1 atom stereocenters. The number of carbonyl (C=O) groups is 1. The van der Waals surface area contributed by atoms with E-state index >= 15 is 0 Å². The van der Waals surface area contributed by atoms with Gasteiger partial charge in [-0.3, -0.25) is 9.88 Å². The Hall–Kier alpha value is -2.96. The van der Waals surface area contributed by atoms with Crippen LogP contribution in [0.1, 0.15) is 29.5 Å². The number of amides is 2. The van der Waals surface area contributed by atoms with Gasteiger partial charge in [-0.2, -0.15) is 0 Å². The predicted octanol–water partition coefficient (Wildman–Crippen LogP) is 3.82. The maximum Gasteiger partial charge on any atom is 0.319 e. The highest BCUT2D eigenvalue weighted by atomic mass is 16.3. The maximum atomic E-state index is 12.6. The number of pyridine rings is 1. The molecule has 2 heterocycles. The van der Waals surface area contributed by atoms with Crippen LogP contribution in [0.3, 0.4) is 0 Å². The maximum absolute atomic E-state index is 12.6. The normalized spacial score (nSPS) is 16.7. The molecule has 0 radical (unpaired) electrons. The molecule has 3 N–H and O–H groups in total. The number of likely N-dealkylation sites (tertiary alicyclic amines) is 1. The summed E-state index contributed by atoms with van der Waals surface area (Å²) in [7, 11) is 0. The van der Waals surface area contributed by atoms with Crippen LogP contribution in [0.25, 0.3) is 10.9 Å². The fourth-order valence-corrected chi connectivity index (χ4v) is 4.15. The van der Waals surface area contributed by atoms with Crippen molar-refractivity contribution >= 4 is 22.6 Å².